The Kier molecular flexibility index (Phi) is 9.42. The summed E-state index contributed by atoms with van der Waals surface area (Å²) < 4.78 is 7.17. The molecule has 3 aromatic rings. The monoisotopic (exact) mass is 535 g/mol. The molecule has 0 unspecified atom stereocenters. The molecule has 0 saturated heterocycles. The van der Waals surface area contributed by atoms with Crippen LogP contribution in [0.15, 0.2) is 47.6 Å². The zero-order valence-electron chi connectivity index (χ0n) is 19.8. The van der Waals surface area contributed by atoms with Crippen molar-refractivity contribution in [3.05, 3.63) is 63.9 Å². The first-order valence-corrected chi connectivity index (χ1v) is 12.7. The molecule has 2 N–H and O–H groups in total. The number of benzene rings is 2. The lowest BCUT2D eigenvalue weighted by Crippen LogP contribution is -2.34. The van der Waals surface area contributed by atoms with Gasteiger partial charge in [0.15, 0.2) is 11.0 Å². The van der Waals surface area contributed by atoms with Gasteiger partial charge in [-0.3, -0.25) is 9.59 Å². The van der Waals surface area contributed by atoms with Crippen molar-refractivity contribution in [1.82, 2.24) is 20.1 Å². The van der Waals surface area contributed by atoms with Gasteiger partial charge < -0.3 is 19.9 Å². The molecule has 0 saturated carbocycles. The zero-order chi connectivity index (χ0) is 25.5. The number of rotatable bonds is 10. The molecule has 1 heterocycles. The van der Waals surface area contributed by atoms with E-state index in [0.29, 0.717) is 44.6 Å². The first-order valence-electron chi connectivity index (χ1n) is 11.0. The molecule has 2 amide bonds. The average molecular weight is 536 g/mol. The van der Waals surface area contributed by atoms with Crippen molar-refractivity contribution in [2.75, 3.05) is 18.2 Å². The molecule has 0 aliphatic heterocycles. The summed E-state index contributed by atoms with van der Waals surface area (Å²) in [6, 6.07) is 11.5. The van der Waals surface area contributed by atoms with E-state index in [0.717, 1.165) is 0 Å². The summed E-state index contributed by atoms with van der Waals surface area (Å²) >= 11 is 13.5. The number of nitrogens with zero attached hydrogens (tertiary/aromatic N) is 3. The van der Waals surface area contributed by atoms with Gasteiger partial charge >= 0.3 is 0 Å². The summed E-state index contributed by atoms with van der Waals surface area (Å²) in [6.07, 6.45) is 0. The molecular formula is C24H27Cl2N5O3S. The lowest BCUT2D eigenvalue weighted by atomic mass is 10.0. The molecule has 8 nitrogen and oxygen atoms in total. The van der Waals surface area contributed by atoms with Crippen LogP contribution in [0.3, 0.4) is 0 Å². The molecule has 1 aromatic heterocycles. The lowest BCUT2D eigenvalue weighted by molar-refractivity contribution is -0.113. The molecule has 0 radical (unpaired) electrons. The highest BCUT2D eigenvalue weighted by molar-refractivity contribution is 7.99. The van der Waals surface area contributed by atoms with Crippen molar-refractivity contribution < 1.29 is 14.3 Å². The van der Waals surface area contributed by atoms with Gasteiger partial charge in [-0.25, -0.2) is 0 Å². The van der Waals surface area contributed by atoms with Gasteiger partial charge in [0.1, 0.15) is 5.75 Å². The number of aromatic nitrogens is 3. The van der Waals surface area contributed by atoms with Crippen LogP contribution in [0.1, 0.15) is 43.0 Å². The van der Waals surface area contributed by atoms with Crippen LogP contribution in [0, 0.1) is 5.92 Å². The quantitative estimate of drug-likeness (QED) is 0.334. The van der Waals surface area contributed by atoms with E-state index >= 15 is 0 Å². The lowest BCUT2D eigenvalue weighted by Gasteiger charge is -2.22. The van der Waals surface area contributed by atoms with Crippen molar-refractivity contribution in [2.45, 2.75) is 38.5 Å². The Bertz CT molecular complexity index is 1200. The molecule has 0 aliphatic carbocycles. The zero-order valence-corrected chi connectivity index (χ0v) is 22.2. The second-order valence-electron chi connectivity index (χ2n) is 7.94. The van der Waals surface area contributed by atoms with E-state index in [-0.39, 0.29) is 23.5 Å². The van der Waals surface area contributed by atoms with Crippen LogP contribution in [0.2, 0.25) is 10.0 Å². The summed E-state index contributed by atoms with van der Waals surface area (Å²) in [4.78, 5) is 25.5. The Morgan fingerprint density at radius 3 is 2.54 bits per heavy atom. The Labute approximate surface area is 218 Å². The Balaban J connectivity index is 1.73. The molecule has 2 aromatic carbocycles. The number of hydrogen-bond donors (Lipinski definition) is 2. The minimum absolute atomic E-state index is 0.0346. The number of amides is 2. The SMILES string of the molecule is CCn1c(SCC(=O)Nc2cc(Cl)ccc2OC)nnc1[C@H](NC(=O)c1ccccc1Cl)C(C)C. The number of hydrogen-bond acceptors (Lipinski definition) is 6. The fourth-order valence-corrected chi connectivity index (χ4v) is 4.63. The van der Waals surface area contributed by atoms with Gasteiger partial charge in [-0.2, -0.15) is 0 Å². The van der Waals surface area contributed by atoms with Crippen LogP contribution in [0.25, 0.3) is 0 Å². The third-order valence-corrected chi connectivity index (χ3v) is 6.71. The van der Waals surface area contributed by atoms with Crippen LogP contribution >= 0.6 is 35.0 Å². The molecule has 35 heavy (non-hydrogen) atoms. The van der Waals surface area contributed by atoms with Gasteiger partial charge in [0, 0.05) is 11.6 Å². The molecule has 0 bridgehead atoms. The van der Waals surface area contributed by atoms with Gasteiger partial charge in [-0.1, -0.05) is 60.9 Å². The van der Waals surface area contributed by atoms with E-state index in [1.165, 1.54) is 18.9 Å². The maximum Gasteiger partial charge on any atom is 0.253 e. The minimum Gasteiger partial charge on any atom is -0.495 e. The number of anilines is 1. The second-order valence-corrected chi connectivity index (χ2v) is 9.73. The van der Waals surface area contributed by atoms with Crippen LogP contribution in [-0.4, -0.2) is 39.4 Å². The number of methoxy groups -OCH3 is 1. The van der Waals surface area contributed by atoms with E-state index in [4.69, 9.17) is 27.9 Å². The molecule has 1 atom stereocenters. The third-order valence-electron chi connectivity index (χ3n) is 5.18. The summed E-state index contributed by atoms with van der Waals surface area (Å²) in [5.41, 5.74) is 0.885. The minimum atomic E-state index is -0.398. The van der Waals surface area contributed by atoms with Gasteiger partial charge in [0.2, 0.25) is 5.91 Å². The van der Waals surface area contributed by atoms with E-state index in [1.54, 1.807) is 42.5 Å². The topological polar surface area (TPSA) is 98.1 Å². The van der Waals surface area contributed by atoms with Gasteiger partial charge in [0.25, 0.3) is 5.91 Å². The highest BCUT2D eigenvalue weighted by Crippen LogP contribution is 2.29. The average Bonchev–Trinajstić information content (AvgIpc) is 3.23. The van der Waals surface area contributed by atoms with Crippen molar-refractivity contribution in [3.63, 3.8) is 0 Å². The van der Waals surface area contributed by atoms with Crippen molar-refractivity contribution >= 4 is 52.5 Å². The number of thioether (sulfide) groups is 1. The predicted molar refractivity (Wildman–Crippen MR) is 140 cm³/mol. The fraction of sp³-hybridized carbons (Fsp3) is 0.333. The first kappa shape index (κ1) is 26.8. The predicted octanol–water partition coefficient (Wildman–Crippen LogP) is 5.47. The van der Waals surface area contributed by atoms with Gasteiger partial charge in [0.05, 0.1) is 35.2 Å². The summed E-state index contributed by atoms with van der Waals surface area (Å²) in [7, 11) is 1.52. The van der Waals surface area contributed by atoms with Crippen LogP contribution < -0.4 is 15.4 Å². The van der Waals surface area contributed by atoms with E-state index < -0.39 is 6.04 Å². The summed E-state index contributed by atoms with van der Waals surface area (Å²) in [5, 5.41) is 15.9. The van der Waals surface area contributed by atoms with Crippen LogP contribution in [0.4, 0.5) is 5.69 Å². The van der Waals surface area contributed by atoms with Gasteiger partial charge in [-0.15, -0.1) is 10.2 Å². The van der Waals surface area contributed by atoms with E-state index in [2.05, 4.69) is 20.8 Å². The molecule has 11 heteroatoms. The highest BCUT2D eigenvalue weighted by Gasteiger charge is 2.27. The summed E-state index contributed by atoms with van der Waals surface area (Å²) in [6.45, 7) is 6.51. The Morgan fingerprint density at radius 2 is 1.89 bits per heavy atom. The van der Waals surface area contributed by atoms with Gasteiger partial charge in [-0.05, 0) is 43.2 Å². The Morgan fingerprint density at radius 1 is 1.14 bits per heavy atom. The molecule has 0 spiro atoms. The smallest absolute Gasteiger partial charge is 0.253 e. The maximum atomic E-state index is 12.9. The highest BCUT2D eigenvalue weighted by atomic mass is 35.5. The van der Waals surface area contributed by atoms with Crippen molar-refractivity contribution in [1.29, 1.82) is 0 Å². The molecule has 0 aliphatic rings. The number of carbonyl (C=O) groups excluding carboxylic acids is 2. The van der Waals surface area contributed by atoms with E-state index in [9.17, 15) is 9.59 Å². The molecule has 186 valence electrons. The van der Waals surface area contributed by atoms with E-state index in [1.807, 2.05) is 25.3 Å². The number of ether oxygens (including phenoxy) is 1. The number of halogens is 2. The largest absolute Gasteiger partial charge is 0.495 e. The summed E-state index contributed by atoms with van der Waals surface area (Å²) in [5.74, 6) is 0.737. The van der Waals surface area contributed by atoms with Crippen molar-refractivity contribution in [2.24, 2.45) is 5.92 Å². The second kappa shape index (κ2) is 12.3. The molecule has 0 fully saturated rings. The fourth-order valence-electron chi connectivity index (χ4n) is 3.42. The number of nitrogens with one attached hydrogen (secondary N) is 2. The van der Waals surface area contributed by atoms with Crippen LogP contribution in [-0.2, 0) is 11.3 Å². The van der Waals surface area contributed by atoms with Crippen LogP contribution in [0.5, 0.6) is 5.75 Å². The molecular weight excluding hydrogens is 509 g/mol. The normalized spacial score (nSPS) is 11.9. The maximum absolute atomic E-state index is 12.9. The molecule has 3 rings (SSSR count). The first-order chi connectivity index (χ1) is 16.7. The third kappa shape index (κ3) is 6.68. The Hall–Kier alpha value is -2.75. The number of carbonyl (C=O) groups is 2. The standard InChI is InChI=1S/C24H27Cl2N5O3S/c1-5-31-22(21(14(2)3)28-23(33)16-8-6-7-9-17(16)26)29-30-24(31)35-13-20(32)27-18-12-15(25)10-11-19(18)34-4/h6-12,14,21H,5,13H2,1-4H3,(H,27,32)(H,28,33)/t21-/m1/s1. The van der Waals surface area contributed by atoms with Crippen molar-refractivity contribution in [3.8, 4) is 5.75 Å².